The second-order valence-corrected chi connectivity index (χ2v) is 18.0. The lowest BCUT2D eigenvalue weighted by Crippen LogP contribution is -2.65. The monoisotopic (exact) mass is 1100 g/mol. The van der Waals surface area contributed by atoms with Crippen LogP contribution in [0.25, 0.3) is 34.8 Å². The molecule has 3 aromatic carbocycles. The van der Waals surface area contributed by atoms with Crippen LogP contribution in [0.3, 0.4) is 0 Å². The summed E-state index contributed by atoms with van der Waals surface area (Å²) in [6.07, 6.45) is -23.7. The van der Waals surface area contributed by atoms with E-state index < -0.39 is 141 Å². The summed E-state index contributed by atoms with van der Waals surface area (Å²) >= 11 is 0. The lowest BCUT2D eigenvalue weighted by molar-refractivity contribution is -0.357. The van der Waals surface area contributed by atoms with Gasteiger partial charge in [0.1, 0.15) is 91.0 Å². The molecular formula is C52H55O26+. The first-order valence-electron chi connectivity index (χ1n) is 23.8. The second-order valence-electron chi connectivity index (χ2n) is 18.0. The molecule has 4 heterocycles. The van der Waals surface area contributed by atoms with Gasteiger partial charge in [0, 0.05) is 23.8 Å². The Kier molecular flexibility index (Phi) is 17.8. The third-order valence-electron chi connectivity index (χ3n) is 12.7. The fraction of sp³-hybridized carbons (Fsp3) is 0.365. The largest absolute Gasteiger partial charge is 0.510 e. The van der Waals surface area contributed by atoms with Gasteiger partial charge in [0.25, 0.3) is 0 Å². The normalized spacial score (nSPS) is 29.3. The molecule has 0 radical (unpaired) electrons. The quantitative estimate of drug-likeness (QED) is 0.0228. The van der Waals surface area contributed by atoms with Crippen LogP contribution >= 0.6 is 0 Å². The van der Waals surface area contributed by atoms with Gasteiger partial charge in [0.2, 0.25) is 19.2 Å². The lowest BCUT2D eigenvalue weighted by Gasteiger charge is -2.45. The number of phenolic OH excluding ortho intramolecular Hbond substituents is 4. The molecule has 418 valence electrons. The standard InChI is InChI=1S/C52H54O26/c1-69-33-15-23(3-11-29(33)57)5-13-39(60)71-21-37-42(63)45(66)49(78-51-47(68)44(65)41(62)36(76-51)20-70-38(59)12-4-22-2-10-28(56)30(58)14-22)52(77-37)74-34-18-27-31(72-48(34)24-6-8-25(54)9-7-24)16-26(55)17-32(27)73-50-46(67)43(64)40(61)35(19-53)75-50/h2-18,35-37,40-47,49-54,56-58,61-68H,19-21H2,1H3/p+1/t35-,36-,37-,40-,41-,42-,43+,44+,45+,46-,47-,49-,50-,51+,52-/m1/s1. The molecule has 0 aromatic heterocycles. The van der Waals surface area contributed by atoms with Gasteiger partial charge in [-0.15, -0.1) is 0 Å². The van der Waals surface area contributed by atoms with Crippen molar-refractivity contribution in [2.24, 2.45) is 0 Å². The van der Waals surface area contributed by atoms with Crippen LogP contribution in [-0.2, 0) is 33.2 Å². The predicted octanol–water partition coefficient (Wildman–Crippen LogP) is -1.07. The molecule has 0 saturated carbocycles. The number of hydrogen-bond acceptors (Lipinski definition) is 25. The summed E-state index contributed by atoms with van der Waals surface area (Å²) < 4.78 is 57.9. The average Bonchev–Trinajstić information content (AvgIpc) is 3.49. The molecule has 26 nitrogen and oxygen atoms in total. The number of fused-ring (bicyclic) bond motifs is 1. The smallest absolute Gasteiger partial charge is 0.508 e. The highest BCUT2D eigenvalue weighted by molar-refractivity contribution is 5.88. The molecule has 15 atom stereocenters. The van der Waals surface area contributed by atoms with Crippen molar-refractivity contribution >= 4 is 24.1 Å². The Bertz CT molecular complexity index is 2980. The predicted molar refractivity (Wildman–Crippen MR) is 262 cm³/mol. The van der Waals surface area contributed by atoms with Crippen LogP contribution < -0.4 is 19.6 Å². The molecule has 26 heteroatoms. The molecule has 0 spiro atoms. The molecule has 0 bridgehead atoms. The van der Waals surface area contributed by atoms with Crippen molar-refractivity contribution in [3.8, 4) is 62.9 Å². The van der Waals surface area contributed by atoms with Gasteiger partial charge in [0.15, 0.2) is 52.3 Å². The van der Waals surface area contributed by atoms with Crippen molar-refractivity contribution in [1.29, 1.82) is 0 Å². The van der Waals surface area contributed by atoms with Gasteiger partial charge in [-0.05, 0) is 77.9 Å². The summed E-state index contributed by atoms with van der Waals surface area (Å²) in [6, 6.07) is 16.5. The molecule has 4 aliphatic heterocycles. The van der Waals surface area contributed by atoms with E-state index in [1.807, 2.05) is 0 Å². The van der Waals surface area contributed by atoms with E-state index in [2.05, 4.69) is 0 Å². The van der Waals surface area contributed by atoms with Crippen molar-refractivity contribution in [2.45, 2.75) is 92.1 Å². The number of carbonyl (C=O) groups is 1. The van der Waals surface area contributed by atoms with Crippen molar-refractivity contribution in [1.82, 2.24) is 0 Å². The van der Waals surface area contributed by atoms with Gasteiger partial charge in [-0.25, -0.2) is 4.79 Å². The Balaban J connectivity index is 1.12. The van der Waals surface area contributed by atoms with E-state index in [9.17, 15) is 80.8 Å². The second kappa shape index (κ2) is 24.5. The third kappa shape index (κ3) is 12.8. The van der Waals surface area contributed by atoms with Crippen molar-refractivity contribution in [3.63, 3.8) is 0 Å². The number of methoxy groups -OCH3 is 1. The molecule has 3 saturated heterocycles. The topological polar surface area (TPSA) is 415 Å². The number of aliphatic hydroxyl groups is 9. The number of phenols is 4. The molecule has 78 heavy (non-hydrogen) atoms. The number of aromatic hydroxyl groups is 4. The SMILES string of the molecule is COc1cc(C=CC(=O)OC[C@H]2O[C@@H](Oc3cc4c(O[C@@H]5O[C@H](CO)[C@@H](O)[C@H](O)[C@H]5O)cc(=O)cc-4oc3-c3ccc(O)cc3)[C@H](O[C@@H]3O[C@H](COC(=[OH+])C=Cc4ccc(O)c(O)c4)[C@@H](O)[C@H](O)[C@H]3O)[C@@H](O)[C@@H]2O)ccc1O. The van der Waals surface area contributed by atoms with Gasteiger partial charge < -0.3 is 118 Å². The number of benzene rings is 4. The Labute approximate surface area is 440 Å². The molecule has 3 fully saturated rings. The number of aliphatic hydroxyl groups excluding tert-OH is 9. The highest BCUT2D eigenvalue weighted by Gasteiger charge is 2.53. The Morgan fingerprint density at radius 2 is 1.18 bits per heavy atom. The van der Waals surface area contributed by atoms with Crippen LogP contribution in [0.5, 0.6) is 40.2 Å². The maximum Gasteiger partial charge on any atom is 0.510 e. The number of carbonyl (C=O) groups excluding carboxylic acids is 2. The minimum atomic E-state index is -2.13. The molecular weight excluding hydrogens is 1040 g/mol. The Hall–Kier alpha value is -7.41. The number of hydrogen-bond donors (Lipinski definition) is 13. The van der Waals surface area contributed by atoms with Crippen LogP contribution in [0.2, 0.25) is 0 Å². The highest BCUT2D eigenvalue weighted by Crippen LogP contribution is 2.44. The van der Waals surface area contributed by atoms with E-state index in [1.54, 1.807) is 0 Å². The zero-order valence-electron chi connectivity index (χ0n) is 40.8. The summed E-state index contributed by atoms with van der Waals surface area (Å²) in [7, 11) is 1.33. The fourth-order valence-corrected chi connectivity index (χ4v) is 8.38. The Morgan fingerprint density at radius 3 is 1.86 bits per heavy atom. The van der Waals surface area contributed by atoms with E-state index in [1.165, 1.54) is 86.0 Å². The molecule has 8 rings (SSSR count). The van der Waals surface area contributed by atoms with Gasteiger partial charge in [-0.1, -0.05) is 12.1 Å². The third-order valence-corrected chi connectivity index (χ3v) is 12.7. The van der Waals surface area contributed by atoms with Gasteiger partial charge in [-0.2, -0.15) is 0 Å². The Morgan fingerprint density at radius 1 is 0.590 bits per heavy atom. The van der Waals surface area contributed by atoms with E-state index in [4.69, 9.17) is 47.0 Å². The van der Waals surface area contributed by atoms with Crippen LogP contribution in [0.1, 0.15) is 11.1 Å². The van der Waals surface area contributed by atoms with Crippen LogP contribution in [0, 0.1) is 0 Å². The van der Waals surface area contributed by atoms with Gasteiger partial charge in [-0.3, -0.25) is 4.79 Å². The maximum atomic E-state index is 13.1. The first-order valence-corrected chi connectivity index (χ1v) is 23.8. The van der Waals surface area contributed by atoms with Crippen molar-refractivity contribution in [3.05, 3.63) is 112 Å². The molecule has 14 N–H and O–H groups in total. The van der Waals surface area contributed by atoms with E-state index in [-0.39, 0.29) is 51.4 Å². The van der Waals surface area contributed by atoms with E-state index >= 15 is 0 Å². The maximum absolute atomic E-state index is 13.1. The van der Waals surface area contributed by atoms with E-state index in [0.29, 0.717) is 11.1 Å². The summed E-state index contributed by atoms with van der Waals surface area (Å²) in [5.41, 5.74) is 0.0780. The summed E-state index contributed by atoms with van der Waals surface area (Å²) in [5, 5.41) is 138. The van der Waals surface area contributed by atoms with Crippen molar-refractivity contribution in [2.75, 3.05) is 26.9 Å². The van der Waals surface area contributed by atoms with Gasteiger partial charge >= 0.3 is 11.9 Å². The van der Waals surface area contributed by atoms with Crippen LogP contribution in [0.4, 0.5) is 0 Å². The first kappa shape index (κ1) is 56.8. The number of rotatable bonds is 17. The molecule has 5 aliphatic rings. The zero-order chi connectivity index (χ0) is 56.1. The lowest BCUT2D eigenvalue weighted by atomic mass is 9.97. The van der Waals surface area contributed by atoms with Crippen molar-refractivity contribution < 1.29 is 123 Å². The first-order chi connectivity index (χ1) is 37.2. The average molecular weight is 1100 g/mol. The summed E-state index contributed by atoms with van der Waals surface area (Å²) in [4.78, 5) is 36.7. The number of esters is 2. The number of ether oxygens (including phenoxy) is 9. The summed E-state index contributed by atoms with van der Waals surface area (Å²) in [5.74, 6) is -3.96. The minimum absolute atomic E-state index is 0.108. The van der Waals surface area contributed by atoms with E-state index in [0.717, 1.165) is 24.3 Å². The molecule has 1 aliphatic carbocycles. The van der Waals surface area contributed by atoms with Crippen LogP contribution in [-0.4, -0.2) is 202 Å². The highest BCUT2D eigenvalue weighted by atomic mass is 16.8. The molecule has 0 unspecified atom stereocenters. The molecule has 3 aromatic rings. The minimum Gasteiger partial charge on any atom is -0.508 e. The summed E-state index contributed by atoms with van der Waals surface area (Å²) in [6.45, 7) is -2.32. The van der Waals surface area contributed by atoms with Crippen LogP contribution in [0.15, 0.2) is 100 Å². The van der Waals surface area contributed by atoms with Gasteiger partial charge in [0.05, 0.1) is 25.4 Å². The fourth-order valence-electron chi connectivity index (χ4n) is 8.38. The zero-order valence-corrected chi connectivity index (χ0v) is 40.8. The molecule has 0 amide bonds.